The largest absolute Gasteiger partial charge is 0.344 e. The summed E-state index contributed by atoms with van der Waals surface area (Å²) in [5, 5.41) is 4.45. The second-order valence-electron chi connectivity index (χ2n) is 3.62. The fourth-order valence-electron chi connectivity index (χ4n) is 2.06. The molecule has 3 N–H and O–H groups in total. The molecule has 0 unspecified atom stereocenters. The summed E-state index contributed by atoms with van der Waals surface area (Å²) in [6, 6.07) is 3.46. The van der Waals surface area contributed by atoms with Crippen LogP contribution in [-0.4, -0.2) is 16.5 Å². The summed E-state index contributed by atoms with van der Waals surface area (Å²) >= 11 is 0. The number of hydrogen-bond donors (Lipinski definition) is 3. The number of fused-ring (bicyclic) bond motifs is 3. The molecule has 0 radical (unpaired) electrons. The Labute approximate surface area is 80.3 Å². The minimum absolute atomic E-state index is 0.0518. The molecular weight excluding hydrogens is 178 g/mol. The van der Waals surface area contributed by atoms with Gasteiger partial charge in [0, 0.05) is 36.7 Å². The Bertz CT molecular complexity index is 538. The van der Waals surface area contributed by atoms with E-state index in [0.717, 1.165) is 30.5 Å². The zero-order valence-electron chi connectivity index (χ0n) is 7.68. The number of aromatic nitrogens is 2. The highest BCUT2D eigenvalue weighted by atomic mass is 16.1. The smallest absolute Gasteiger partial charge is 0.249 e. The lowest BCUT2D eigenvalue weighted by Gasteiger charge is -2.12. The van der Waals surface area contributed by atoms with Crippen molar-refractivity contribution in [1.29, 1.82) is 0 Å². The maximum Gasteiger partial charge on any atom is 0.249 e. The zero-order chi connectivity index (χ0) is 9.54. The molecule has 72 valence electrons. The first-order chi connectivity index (χ1) is 6.84. The van der Waals surface area contributed by atoms with Gasteiger partial charge < -0.3 is 15.3 Å². The van der Waals surface area contributed by atoms with Crippen LogP contribution in [0.2, 0.25) is 0 Å². The van der Waals surface area contributed by atoms with Crippen LogP contribution in [-0.2, 0) is 13.0 Å². The molecule has 0 aliphatic carbocycles. The third-order valence-corrected chi connectivity index (χ3v) is 2.74. The number of hydrogen-bond acceptors (Lipinski definition) is 2. The Hall–Kier alpha value is -1.55. The van der Waals surface area contributed by atoms with Gasteiger partial charge >= 0.3 is 0 Å². The Balaban J connectivity index is 2.36. The zero-order valence-corrected chi connectivity index (χ0v) is 7.68. The van der Waals surface area contributed by atoms with Crippen LogP contribution in [0.3, 0.4) is 0 Å². The van der Waals surface area contributed by atoms with Crippen LogP contribution in [0.25, 0.3) is 11.0 Å². The third kappa shape index (κ3) is 1.01. The summed E-state index contributed by atoms with van der Waals surface area (Å²) in [6.45, 7) is 1.89. The lowest BCUT2D eigenvalue weighted by molar-refractivity contribution is 0.640. The van der Waals surface area contributed by atoms with Crippen molar-refractivity contribution in [1.82, 2.24) is 15.3 Å². The van der Waals surface area contributed by atoms with Crippen molar-refractivity contribution in [2.24, 2.45) is 0 Å². The van der Waals surface area contributed by atoms with E-state index in [1.165, 1.54) is 11.3 Å². The Morgan fingerprint density at radius 2 is 2.14 bits per heavy atom. The van der Waals surface area contributed by atoms with Crippen LogP contribution in [0.4, 0.5) is 0 Å². The van der Waals surface area contributed by atoms with Crippen molar-refractivity contribution in [2.75, 3.05) is 6.54 Å². The van der Waals surface area contributed by atoms with Crippen LogP contribution in [0.5, 0.6) is 0 Å². The molecule has 0 aromatic carbocycles. The molecule has 2 aromatic heterocycles. The Kier molecular flexibility index (Phi) is 1.52. The molecule has 1 aliphatic rings. The minimum Gasteiger partial charge on any atom is -0.344 e. The van der Waals surface area contributed by atoms with Crippen molar-refractivity contribution in [3.8, 4) is 0 Å². The Morgan fingerprint density at radius 1 is 1.21 bits per heavy atom. The van der Waals surface area contributed by atoms with Gasteiger partial charge in [0.05, 0.1) is 0 Å². The first-order valence-corrected chi connectivity index (χ1v) is 4.78. The maximum atomic E-state index is 11.1. The van der Waals surface area contributed by atoms with E-state index in [9.17, 15) is 4.79 Å². The molecule has 14 heavy (non-hydrogen) atoms. The van der Waals surface area contributed by atoms with Gasteiger partial charge in [-0.2, -0.15) is 0 Å². The molecule has 0 fully saturated rings. The maximum absolute atomic E-state index is 11.1. The predicted molar refractivity (Wildman–Crippen MR) is 54.3 cm³/mol. The Morgan fingerprint density at radius 3 is 3.07 bits per heavy atom. The van der Waals surface area contributed by atoms with E-state index < -0.39 is 0 Å². The molecule has 1 aliphatic heterocycles. The third-order valence-electron chi connectivity index (χ3n) is 2.74. The minimum atomic E-state index is -0.0518. The number of pyridine rings is 1. The average molecular weight is 189 g/mol. The van der Waals surface area contributed by atoms with Crippen LogP contribution in [0, 0.1) is 0 Å². The molecule has 0 spiro atoms. The fraction of sp³-hybridized carbons (Fsp3) is 0.300. The van der Waals surface area contributed by atoms with Crippen molar-refractivity contribution in [3.63, 3.8) is 0 Å². The number of rotatable bonds is 0. The molecule has 0 amide bonds. The summed E-state index contributed by atoms with van der Waals surface area (Å²) < 4.78 is 0. The van der Waals surface area contributed by atoms with Crippen molar-refractivity contribution in [2.45, 2.75) is 13.0 Å². The van der Waals surface area contributed by atoms with Crippen molar-refractivity contribution < 1.29 is 0 Å². The van der Waals surface area contributed by atoms with Crippen molar-refractivity contribution >= 4 is 11.0 Å². The van der Waals surface area contributed by atoms with E-state index in [0.29, 0.717) is 0 Å². The van der Waals surface area contributed by atoms with E-state index >= 15 is 0 Å². The normalized spacial score (nSPS) is 15.7. The molecule has 0 bridgehead atoms. The highest BCUT2D eigenvalue weighted by Crippen LogP contribution is 2.21. The molecule has 4 nitrogen and oxygen atoms in total. The number of nitrogens with one attached hydrogen (secondary N) is 3. The SMILES string of the molecule is O=c1ccc2c3c([nH]c2[nH]1)CCNC3. The summed E-state index contributed by atoms with van der Waals surface area (Å²) in [6.07, 6.45) is 1.01. The van der Waals surface area contributed by atoms with Gasteiger partial charge in [0.2, 0.25) is 5.56 Å². The molecule has 3 heterocycles. The first kappa shape index (κ1) is 7.82. The molecule has 3 rings (SSSR count). The van der Waals surface area contributed by atoms with E-state index in [1.807, 2.05) is 6.07 Å². The fourth-order valence-corrected chi connectivity index (χ4v) is 2.06. The second-order valence-corrected chi connectivity index (χ2v) is 3.62. The van der Waals surface area contributed by atoms with E-state index in [2.05, 4.69) is 15.3 Å². The van der Waals surface area contributed by atoms with Crippen LogP contribution >= 0.6 is 0 Å². The molecule has 0 atom stereocenters. The van der Waals surface area contributed by atoms with E-state index in [1.54, 1.807) is 6.07 Å². The summed E-state index contributed by atoms with van der Waals surface area (Å²) in [5.41, 5.74) is 3.35. The topological polar surface area (TPSA) is 60.7 Å². The van der Waals surface area contributed by atoms with Gasteiger partial charge in [0.25, 0.3) is 0 Å². The molecule has 0 saturated heterocycles. The second kappa shape index (κ2) is 2.72. The van der Waals surface area contributed by atoms with E-state index in [-0.39, 0.29) is 5.56 Å². The highest BCUT2D eigenvalue weighted by Gasteiger charge is 2.14. The van der Waals surface area contributed by atoms with Gasteiger partial charge in [-0.3, -0.25) is 4.79 Å². The summed E-state index contributed by atoms with van der Waals surface area (Å²) in [5.74, 6) is 0. The molecular formula is C10H11N3O. The quantitative estimate of drug-likeness (QED) is 0.565. The lowest BCUT2D eigenvalue weighted by atomic mass is 10.1. The van der Waals surface area contributed by atoms with Crippen molar-refractivity contribution in [3.05, 3.63) is 33.7 Å². The highest BCUT2D eigenvalue weighted by molar-refractivity contribution is 5.81. The summed E-state index contributed by atoms with van der Waals surface area (Å²) in [4.78, 5) is 17.2. The monoisotopic (exact) mass is 189 g/mol. The van der Waals surface area contributed by atoms with Crippen LogP contribution in [0.1, 0.15) is 11.3 Å². The van der Waals surface area contributed by atoms with Crippen LogP contribution in [0.15, 0.2) is 16.9 Å². The lowest BCUT2D eigenvalue weighted by Crippen LogP contribution is -2.22. The summed E-state index contributed by atoms with van der Waals surface area (Å²) in [7, 11) is 0. The van der Waals surface area contributed by atoms with Crippen LogP contribution < -0.4 is 10.9 Å². The number of H-pyrrole nitrogens is 2. The van der Waals surface area contributed by atoms with Gasteiger partial charge in [0.15, 0.2) is 0 Å². The first-order valence-electron chi connectivity index (χ1n) is 4.78. The van der Waals surface area contributed by atoms with Gasteiger partial charge in [-0.1, -0.05) is 0 Å². The van der Waals surface area contributed by atoms with Gasteiger partial charge in [0.1, 0.15) is 5.65 Å². The average Bonchev–Trinajstić information content (AvgIpc) is 2.54. The molecule has 0 saturated carbocycles. The van der Waals surface area contributed by atoms with Gasteiger partial charge in [-0.05, 0) is 11.6 Å². The predicted octanol–water partition coefficient (Wildman–Crippen LogP) is 0.502. The number of aromatic amines is 2. The standard InChI is InChI=1S/C10H11N3O/c14-9-2-1-6-7-5-11-4-3-8(7)12-10(6)13-9/h1-2,11H,3-5H2,(H2,12,13,14). The molecule has 4 heteroatoms. The van der Waals surface area contributed by atoms with Gasteiger partial charge in [-0.15, -0.1) is 0 Å². The molecule has 2 aromatic rings. The van der Waals surface area contributed by atoms with E-state index in [4.69, 9.17) is 0 Å². The van der Waals surface area contributed by atoms with Gasteiger partial charge in [-0.25, -0.2) is 0 Å².